The molecule has 1 N–H and O–H groups in total. The van der Waals surface area contributed by atoms with E-state index in [0.717, 1.165) is 15.4 Å². The average molecular weight is 398 g/mol. The Morgan fingerprint density at radius 1 is 1.26 bits per heavy atom. The van der Waals surface area contributed by atoms with Gasteiger partial charge < -0.3 is 14.7 Å². The van der Waals surface area contributed by atoms with Crippen molar-refractivity contribution in [1.29, 1.82) is 0 Å². The minimum Gasteiger partial charge on any atom is -0.451 e. The number of hydrogen-bond donors (Lipinski definition) is 1. The van der Waals surface area contributed by atoms with Crippen LogP contribution >= 0.6 is 0 Å². The largest absolute Gasteiger partial charge is 0.451 e. The molecule has 1 heterocycles. The summed E-state index contributed by atoms with van der Waals surface area (Å²) in [5, 5.41) is 9.97. The molecule has 0 spiro atoms. The number of carbonyl (C=O) groups excluding carboxylic acids is 2. The first-order valence-electron chi connectivity index (χ1n) is 8.64. The minimum atomic E-state index is -4.00. The van der Waals surface area contributed by atoms with Crippen LogP contribution in [0.25, 0.3) is 0 Å². The number of aliphatic hydroxyl groups is 1. The van der Waals surface area contributed by atoms with Crippen molar-refractivity contribution in [3.05, 3.63) is 29.3 Å². The van der Waals surface area contributed by atoms with Gasteiger partial charge in [0.25, 0.3) is 5.91 Å². The maximum absolute atomic E-state index is 13.0. The molecule has 1 amide bonds. The van der Waals surface area contributed by atoms with Gasteiger partial charge in [0.05, 0.1) is 11.0 Å². The number of amides is 1. The van der Waals surface area contributed by atoms with E-state index in [0.29, 0.717) is 0 Å². The molecule has 2 rings (SSSR count). The highest BCUT2D eigenvalue weighted by molar-refractivity contribution is 7.89. The third kappa shape index (κ3) is 4.48. The van der Waals surface area contributed by atoms with Crippen LogP contribution in [0.2, 0.25) is 0 Å². The summed E-state index contributed by atoms with van der Waals surface area (Å²) in [6.45, 7) is 4.89. The number of sulfonamides is 1. The molecule has 1 aliphatic heterocycles. The van der Waals surface area contributed by atoms with Crippen molar-refractivity contribution in [3.8, 4) is 0 Å². The van der Waals surface area contributed by atoms with E-state index >= 15 is 0 Å². The van der Waals surface area contributed by atoms with Gasteiger partial charge in [-0.2, -0.15) is 4.31 Å². The van der Waals surface area contributed by atoms with E-state index in [4.69, 9.17) is 4.74 Å². The van der Waals surface area contributed by atoms with Crippen molar-refractivity contribution < 1.29 is 27.9 Å². The predicted octanol–water partition coefficient (Wildman–Crippen LogP) is 0.447. The molecule has 8 nitrogen and oxygen atoms in total. The van der Waals surface area contributed by atoms with Gasteiger partial charge in [-0.25, -0.2) is 8.42 Å². The van der Waals surface area contributed by atoms with Crippen LogP contribution in [0, 0.1) is 13.8 Å². The lowest BCUT2D eigenvalue weighted by Crippen LogP contribution is -2.44. The van der Waals surface area contributed by atoms with Gasteiger partial charge in [0, 0.05) is 27.1 Å². The summed E-state index contributed by atoms with van der Waals surface area (Å²) < 4.78 is 32.2. The fourth-order valence-electron chi connectivity index (χ4n) is 2.94. The molecule has 150 valence electrons. The number of nitrogens with zero attached hydrogens (tertiary/aromatic N) is 2. The molecular weight excluding hydrogens is 372 g/mol. The molecule has 0 radical (unpaired) electrons. The summed E-state index contributed by atoms with van der Waals surface area (Å²) in [6.07, 6.45) is -2.11. The Balaban J connectivity index is 2.27. The van der Waals surface area contributed by atoms with Crippen LogP contribution in [0.3, 0.4) is 0 Å². The second kappa shape index (κ2) is 7.95. The predicted molar refractivity (Wildman–Crippen MR) is 98.5 cm³/mol. The van der Waals surface area contributed by atoms with E-state index in [2.05, 4.69) is 0 Å². The molecule has 3 atom stereocenters. The van der Waals surface area contributed by atoms with E-state index in [-0.39, 0.29) is 17.9 Å². The van der Waals surface area contributed by atoms with Crippen LogP contribution in [0.4, 0.5) is 0 Å². The van der Waals surface area contributed by atoms with Gasteiger partial charge >= 0.3 is 5.97 Å². The number of aliphatic hydroxyl groups excluding tert-OH is 1. The number of likely N-dealkylation sites (N-methyl/N-ethyl adjacent to an activating group) is 1. The maximum Gasteiger partial charge on any atom is 0.325 e. The standard InChI is InChI=1S/C18H26N2O6S/c1-11-6-7-15(8-12(11)2)27(24,25)20-10-14(21)9-16(20)18(23)26-13(3)17(22)19(4)5/h6-8,13-14,16,21H,9-10H2,1-5H3/t13?,14?,16-/m0/s1. The summed E-state index contributed by atoms with van der Waals surface area (Å²) in [6, 6.07) is 3.53. The topological polar surface area (TPSA) is 104 Å². The zero-order valence-corrected chi connectivity index (χ0v) is 17.0. The molecule has 0 aromatic heterocycles. The van der Waals surface area contributed by atoms with Crippen molar-refractivity contribution in [2.75, 3.05) is 20.6 Å². The van der Waals surface area contributed by atoms with E-state index in [1.54, 1.807) is 13.0 Å². The second-order valence-electron chi connectivity index (χ2n) is 7.04. The quantitative estimate of drug-likeness (QED) is 0.722. The molecule has 1 fully saturated rings. The molecule has 1 aromatic rings. The van der Waals surface area contributed by atoms with Crippen LogP contribution in [0.5, 0.6) is 0 Å². The smallest absolute Gasteiger partial charge is 0.325 e. The van der Waals surface area contributed by atoms with Gasteiger partial charge in [0.1, 0.15) is 6.04 Å². The van der Waals surface area contributed by atoms with Gasteiger partial charge in [-0.3, -0.25) is 9.59 Å². The number of β-amino-alcohol motifs (C(OH)–C–C–N with tert-alkyl or cyclic N) is 1. The normalized spacial score (nSPS) is 21.7. The highest BCUT2D eigenvalue weighted by Crippen LogP contribution is 2.28. The Labute approximate surface area is 159 Å². The number of rotatable bonds is 5. The SMILES string of the molecule is Cc1ccc(S(=O)(=O)N2CC(O)C[C@H]2C(=O)OC(C)C(=O)N(C)C)cc1C. The van der Waals surface area contributed by atoms with Crippen molar-refractivity contribution in [2.45, 2.75) is 50.3 Å². The fourth-order valence-corrected chi connectivity index (χ4v) is 4.65. The minimum absolute atomic E-state index is 0.0508. The van der Waals surface area contributed by atoms with Crippen LogP contribution < -0.4 is 0 Å². The zero-order valence-electron chi connectivity index (χ0n) is 16.2. The van der Waals surface area contributed by atoms with E-state index < -0.39 is 40.1 Å². The number of aryl methyl sites for hydroxylation is 2. The monoisotopic (exact) mass is 398 g/mol. The second-order valence-corrected chi connectivity index (χ2v) is 8.93. The summed E-state index contributed by atoms with van der Waals surface area (Å²) in [4.78, 5) is 25.8. The van der Waals surface area contributed by atoms with Crippen LogP contribution in [-0.4, -0.2) is 73.5 Å². The summed E-state index contributed by atoms with van der Waals surface area (Å²) in [5.74, 6) is -1.26. The number of ether oxygens (including phenoxy) is 1. The number of benzene rings is 1. The Morgan fingerprint density at radius 2 is 1.89 bits per heavy atom. The summed E-state index contributed by atoms with van der Waals surface area (Å²) in [5.41, 5.74) is 1.75. The third-order valence-electron chi connectivity index (χ3n) is 4.67. The Kier molecular flexibility index (Phi) is 6.28. The maximum atomic E-state index is 13.0. The molecule has 1 aromatic carbocycles. The molecule has 0 bridgehead atoms. The van der Waals surface area contributed by atoms with Crippen molar-refractivity contribution in [1.82, 2.24) is 9.21 Å². The Hall–Kier alpha value is -1.97. The number of esters is 1. The zero-order chi connectivity index (χ0) is 20.5. The molecule has 0 saturated carbocycles. The first-order chi connectivity index (χ1) is 12.4. The molecule has 27 heavy (non-hydrogen) atoms. The lowest BCUT2D eigenvalue weighted by Gasteiger charge is -2.24. The number of carbonyl (C=O) groups is 2. The van der Waals surface area contributed by atoms with E-state index in [1.165, 1.54) is 38.1 Å². The van der Waals surface area contributed by atoms with Gasteiger partial charge in [-0.15, -0.1) is 0 Å². The number of hydrogen-bond acceptors (Lipinski definition) is 6. The van der Waals surface area contributed by atoms with Crippen LogP contribution in [0.1, 0.15) is 24.5 Å². The first kappa shape index (κ1) is 21.3. The Morgan fingerprint density at radius 3 is 2.44 bits per heavy atom. The van der Waals surface area contributed by atoms with Crippen molar-refractivity contribution in [3.63, 3.8) is 0 Å². The van der Waals surface area contributed by atoms with Crippen molar-refractivity contribution >= 4 is 21.9 Å². The molecule has 0 aliphatic carbocycles. The third-order valence-corrected chi connectivity index (χ3v) is 6.54. The van der Waals surface area contributed by atoms with Gasteiger partial charge in [-0.1, -0.05) is 6.07 Å². The van der Waals surface area contributed by atoms with Gasteiger partial charge in [0.15, 0.2) is 6.10 Å². The Bertz CT molecular complexity index is 836. The molecular formula is C18H26N2O6S. The lowest BCUT2D eigenvalue weighted by molar-refractivity contribution is -0.160. The van der Waals surface area contributed by atoms with Crippen LogP contribution in [-0.2, 0) is 24.3 Å². The highest BCUT2D eigenvalue weighted by atomic mass is 32.2. The van der Waals surface area contributed by atoms with Crippen molar-refractivity contribution in [2.24, 2.45) is 0 Å². The van der Waals surface area contributed by atoms with Gasteiger partial charge in [-0.05, 0) is 44.0 Å². The fraction of sp³-hybridized carbons (Fsp3) is 0.556. The average Bonchev–Trinajstić information content (AvgIpc) is 2.99. The summed E-state index contributed by atoms with van der Waals surface area (Å²) >= 11 is 0. The van der Waals surface area contributed by atoms with E-state index in [9.17, 15) is 23.1 Å². The highest BCUT2D eigenvalue weighted by Gasteiger charge is 2.45. The molecule has 9 heteroatoms. The molecule has 1 saturated heterocycles. The summed E-state index contributed by atoms with van der Waals surface area (Å²) in [7, 11) is -0.940. The molecule has 2 unspecified atom stereocenters. The van der Waals surface area contributed by atoms with E-state index in [1.807, 2.05) is 6.92 Å². The molecule has 1 aliphatic rings. The first-order valence-corrected chi connectivity index (χ1v) is 10.1. The lowest BCUT2D eigenvalue weighted by atomic mass is 10.1. The van der Waals surface area contributed by atoms with Gasteiger partial charge in [0.2, 0.25) is 10.0 Å². The van der Waals surface area contributed by atoms with Crippen LogP contribution in [0.15, 0.2) is 23.1 Å².